The summed E-state index contributed by atoms with van der Waals surface area (Å²) in [5.74, 6) is 0. The summed E-state index contributed by atoms with van der Waals surface area (Å²) < 4.78 is 2.12. The number of rotatable bonds is 2. The van der Waals surface area contributed by atoms with Crippen LogP contribution in [0.1, 0.15) is 43.1 Å². The Morgan fingerprint density at radius 2 is 2.15 bits per heavy atom. The third-order valence-corrected chi connectivity index (χ3v) is 4.27. The van der Waals surface area contributed by atoms with Gasteiger partial charge in [0.15, 0.2) is 0 Å². The number of nitrogens with one attached hydrogen (secondary N) is 1. The average Bonchev–Trinajstić information content (AvgIpc) is 2.80. The van der Waals surface area contributed by atoms with Gasteiger partial charge in [-0.25, -0.2) is 4.68 Å². The maximum absolute atomic E-state index is 4.65. The molecule has 20 heavy (non-hydrogen) atoms. The van der Waals surface area contributed by atoms with Crippen molar-refractivity contribution in [1.82, 2.24) is 15.1 Å². The zero-order valence-electron chi connectivity index (χ0n) is 12.8. The van der Waals surface area contributed by atoms with E-state index in [2.05, 4.69) is 60.1 Å². The Morgan fingerprint density at radius 3 is 2.85 bits per heavy atom. The smallest absolute Gasteiger partial charge is 0.0651 e. The Labute approximate surface area is 121 Å². The van der Waals surface area contributed by atoms with Gasteiger partial charge >= 0.3 is 0 Å². The van der Waals surface area contributed by atoms with E-state index in [-0.39, 0.29) is 0 Å². The van der Waals surface area contributed by atoms with E-state index in [1.807, 2.05) is 13.2 Å². The van der Waals surface area contributed by atoms with Crippen LogP contribution in [-0.2, 0) is 6.42 Å². The molecule has 0 radical (unpaired) electrons. The van der Waals surface area contributed by atoms with Crippen molar-refractivity contribution in [1.29, 1.82) is 0 Å². The Hall–Kier alpha value is -1.61. The minimum absolute atomic E-state index is 0.308. The number of hydrogen-bond acceptors (Lipinski definition) is 2. The Balaban J connectivity index is 2.10. The lowest BCUT2D eigenvalue weighted by Gasteiger charge is -2.35. The van der Waals surface area contributed by atoms with Gasteiger partial charge in [0, 0.05) is 17.3 Å². The zero-order valence-corrected chi connectivity index (χ0v) is 12.8. The lowest BCUT2D eigenvalue weighted by Crippen LogP contribution is -2.32. The van der Waals surface area contributed by atoms with Crippen molar-refractivity contribution in [3.05, 3.63) is 47.3 Å². The summed E-state index contributed by atoms with van der Waals surface area (Å²) in [5, 5.41) is 8.09. The average molecular weight is 269 g/mol. The molecule has 3 nitrogen and oxygen atoms in total. The van der Waals surface area contributed by atoms with Crippen molar-refractivity contribution >= 4 is 0 Å². The molecular formula is C17H23N3. The third-order valence-electron chi connectivity index (χ3n) is 4.27. The van der Waals surface area contributed by atoms with Gasteiger partial charge in [-0.15, -0.1) is 0 Å². The Kier molecular flexibility index (Phi) is 3.17. The Morgan fingerprint density at radius 1 is 1.35 bits per heavy atom. The summed E-state index contributed by atoms with van der Waals surface area (Å²) in [6.45, 7) is 6.81. The first-order valence-electron chi connectivity index (χ1n) is 7.31. The largest absolute Gasteiger partial charge is 0.313 e. The van der Waals surface area contributed by atoms with Crippen molar-refractivity contribution in [2.24, 2.45) is 5.41 Å². The third kappa shape index (κ3) is 2.27. The van der Waals surface area contributed by atoms with Crippen LogP contribution in [0.5, 0.6) is 0 Å². The van der Waals surface area contributed by atoms with Crippen LogP contribution in [0, 0.1) is 12.3 Å². The van der Waals surface area contributed by atoms with Crippen LogP contribution in [0.25, 0.3) is 5.69 Å². The highest BCUT2D eigenvalue weighted by Crippen LogP contribution is 2.41. The second-order valence-corrected chi connectivity index (χ2v) is 6.68. The van der Waals surface area contributed by atoms with E-state index in [1.165, 1.54) is 22.5 Å². The first-order chi connectivity index (χ1) is 9.50. The van der Waals surface area contributed by atoms with Crippen LogP contribution in [-0.4, -0.2) is 16.8 Å². The molecule has 0 aliphatic heterocycles. The summed E-state index contributed by atoms with van der Waals surface area (Å²) in [4.78, 5) is 0. The highest BCUT2D eigenvalue weighted by atomic mass is 15.3. The predicted molar refractivity (Wildman–Crippen MR) is 82.2 cm³/mol. The lowest BCUT2D eigenvalue weighted by molar-refractivity contribution is 0.260. The van der Waals surface area contributed by atoms with Gasteiger partial charge in [-0.05, 0) is 49.9 Å². The fraction of sp³-hybridized carbons (Fsp3) is 0.471. The first-order valence-corrected chi connectivity index (χ1v) is 7.31. The SMILES string of the molecule is CNC1CC(C)(C)Cc2c1cnn2-c1cccc(C)c1. The van der Waals surface area contributed by atoms with E-state index in [4.69, 9.17) is 0 Å². The van der Waals surface area contributed by atoms with E-state index in [0.29, 0.717) is 11.5 Å². The second-order valence-electron chi connectivity index (χ2n) is 6.68. The second kappa shape index (κ2) is 4.74. The molecule has 1 aromatic heterocycles. The van der Waals surface area contributed by atoms with E-state index < -0.39 is 0 Å². The van der Waals surface area contributed by atoms with Crippen molar-refractivity contribution < 1.29 is 0 Å². The molecule has 0 amide bonds. The molecule has 0 saturated heterocycles. The molecule has 3 heteroatoms. The molecule has 0 spiro atoms. The number of hydrogen-bond donors (Lipinski definition) is 1. The van der Waals surface area contributed by atoms with Gasteiger partial charge in [-0.1, -0.05) is 26.0 Å². The van der Waals surface area contributed by atoms with E-state index in [9.17, 15) is 0 Å². The van der Waals surface area contributed by atoms with Gasteiger partial charge in [-0.2, -0.15) is 5.10 Å². The summed E-state index contributed by atoms with van der Waals surface area (Å²) in [7, 11) is 2.04. The number of aryl methyl sites for hydroxylation is 1. The minimum atomic E-state index is 0.308. The lowest BCUT2D eigenvalue weighted by atomic mass is 9.74. The van der Waals surface area contributed by atoms with Crippen LogP contribution in [0.15, 0.2) is 30.5 Å². The van der Waals surface area contributed by atoms with Gasteiger partial charge in [0.2, 0.25) is 0 Å². The molecule has 1 atom stereocenters. The molecule has 106 valence electrons. The maximum atomic E-state index is 4.65. The molecule has 1 heterocycles. The van der Waals surface area contributed by atoms with Gasteiger partial charge in [0.1, 0.15) is 0 Å². The van der Waals surface area contributed by atoms with Gasteiger partial charge < -0.3 is 5.32 Å². The van der Waals surface area contributed by atoms with Crippen LogP contribution < -0.4 is 5.32 Å². The van der Waals surface area contributed by atoms with Crippen LogP contribution in [0.4, 0.5) is 0 Å². The highest BCUT2D eigenvalue weighted by Gasteiger charge is 2.34. The van der Waals surface area contributed by atoms with Crippen LogP contribution in [0.3, 0.4) is 0 Å². The number of nitrogens with zero attached hydrogens (tertiary/aromatic N) is 2. The predicted octanol–water partition coefficient (Wildman–Crippen LogP) is 3.41. The number of aromatic nitrogens is 2. The number of fused-ring (bicyclic) bond motifs is 1. The quantitative estimate of drug-likeness (QED) is 0.905. The molecule has 0 fully saturated rings. The monoisotopic (exact) mass is 269 g/mol. The molecular weight excluding hydrogens is 246 g/mol. The van der Waals surface area contributed by atoms with E-state index in [0.717, 1.165) is 12.8 Å². The maximum Gasteiger partial charge on any atom is 0.0651 e. The normalized spacial score (nSPS) is 20.7. The summed E-state index contributed by atoms with van der Waals surface area (Å²) in [6.07, 6.45) is 4.28. The van der Waals surface area contributed by atoms with Gasteiger partial charge in [-0.3, -0.25) is 0 Å². The zero-order chi connectivity index (χ0) is 14.3. The molecule has 0 saturated carbocycles. The van der Waals surface area contributed by atoms with Gasteiger partial charge in [0.05, 0.1) is 11.9 Å². The minimum Gasteiger partial charge on any atom is -0.313 e. The van der Waals surface area contributed by atoms with Crippen molar-refractivity contribution in [3.8, 4) is 5.69 Å². The van der Waals surface area contributed by atoms with Gasteiger partial charge in [0.25, 0.3) is 0 Å². The fourth-order valence-corrected chi connectivity index (χ4v) is 3.28. The molecule has 3 rings (SSSR count). The first kappa shape index (κ1) is 13.4. The summed E-state index contributed by atoms with van der Waals surface area (Å²) >= 11 is 0. The molecule has 2 aromatic rings. The Bertz CT molecular complexity index is 625. The van der Waals surface area contributed by atoms with Crippen LogP contribution >= 0.6 is 0 Å². The molecule has 1 aliphatic rings. The standard InChI is InChI=1S/C17H23N3/c1-12-6-5-7-13(8-12)20-16-10-17(2,3)9-15(18-4)14(16)11-19-20/h5-8,11,15,18H,9-10H2,1-4H3. The summed E-state index contributed by atoms with van der Waals surface area (Å²) in [5.41, 5.74) is 5.45. The highest BCUT2D eigenvalue weighted by molar-refractivity contribution is 5.40. The van der Waals surface area contributed by atoms with E-state index >= 15 is 0 Å². The molecule has 1 aromatic carbocycles. The molecule has 1 N–H and O–H groups in total. The molecule has 1 aliphatic carbocycles. The van der Waals surface area contributed by atoms with Crippen molar-refractivity contribution in [3.63, 3.8) is 0 Å². The summed E-state index contributed by atoms with van der Waals surface area (Å²) in [6, 6.07) is 8.97. The van der Waals surface area contributed by atoms with E-state index in [1.54, 1.807) is 0 Å². The van der Waals surface area contributed by atoms with Crippen LogP contribution in [0.2, 0.25) is 0 Å². The topological polar surface area (TPSA) is 29.9 Å². The van der Waals surface area contributed by atoms with Crippen molar-refractivity contribution in [2.75, 3.05) is 7.05 Å². The molecule has 0 bridgehead atoms. The van der Waals surface area contributed by atoms with Crippen molar-refractivity contribution in [2.45, 2.75) is 39.7 Å². The number of benzene rings is 1. The molecule has 1 unspecified atom stereocenters. The fourth-order valence-electron chi connectivity index (χ4n) is 3.28.